The van der Waals surface area contributed by atoms with Crippen molar-refractivity contribution in [2.45, 2.75) is 31.3 Å². The fourth-order valence-electron chi connectivity index (χ4n) is 3.29. The highest BCUT2D eigenvalue weighted by Crippen LogP contribution is 2.26. The Morgan fingerprint density at radius 2 is 2.27 bits per heavy atom. The molecule has 2 fully saturated rings. The molecule has 1 heterocycles. The number of carbonyl (C=O) groups excluding carboxylic acids is 2. The summed E-state index contributed by atoms with van der Waals surface area (Å²) in [5, 5.41) is 2.62. The standard InChI is InChI=1S/C18H25FN4O3/c1-22(12-3-2-4-12)16(10-20)18(25)21-15-6-5-13(9-14(15)19)23-7-8-26-11-17(23)24/h5-6,9,12,16H,2-4,7-8,10-11,20H2,1H3,(H,21,25)/t16-/m0/s1. The predicted octanol–water partition coefficient (Wildman–Crippen LogP) is 0.939. The van der Waals surface area contributed by atoms with Gasteiger partial charge in [0.2, 0.25) is 5.91 Å². The van der Waals surface area contributed by atoms with Gasteiger partial charge in [-0.25, -0.2) is 4.39 Å². The first-order valence-electron chi connectivity index (χ1n) is 8.91. The third-order valence-electron chi connectivity index (χ3n) is 5.18. The summed E-state index contributed by atoms with van der Waals surface area (Å²) in [5.41, 5.74) is 6.31. The smallest absolute Gasteiger partial charge is 0.253 e. The summed E-state index contributed by atoms with van der Waals surface area (Å²) in [7, 11) is 1.88. The van der Waals surface area contributed by atoms with Gasteiger partial charge in [0, 0.05) is 24.8 Å². The first kappa shape index (κ1) is 18.8. The van der Waals surface area contributed by atoms with Crippen LogP contribution in [0.2, 0.25) is 0 Å². The Morgan fingerprint density at radius 3 is 2.85 bits per heavy atom. The molecule has 1 saturated carbocycles. The number of benzene rings is 1. The summed E-state index contributed by atoms with van der Waals surface area (Å²) in [6.45, 7) is 0.954. The van der Waals surface area contributed by atoms with Gasteiger partial charge >= 0.3 is 0 Å². The van der Waals surface area contributed by atoms with E-state index in [9.17, 15) is 14.0 Å². The van der Waals surface area contributed by atoms with Gasteiger partial charge in [-0.1, -0.05) is 6.42 Å². The Balaban J connectivity index is 1.68. The maximum absolute atomic E-state index is 14.5. The molecule has 8 heteroatoms. The maximum Gasteiger partial charge on any atom is 0.253 e. The van der Waals surface area contributed by atoms with Gasteiger partial charge in [0.1, 0.15) is 18.5 Å². The van der Waals surface area contributed by atoms with Crippen LogP contribution in [-0.2, 0) is 14.3 Å². The summed E-state index contributed by atoms with van der Waals surface area (Å²) in [4.78, 5) is 27.8. The van der Waals surface area contributed by atoms with E-state index in [2.05, 4.69) is 5.32 Å². The van der Waals surface area contributed by atoms with Crippen LogP contribution in [0, 0.1) is 5.82 Å². The second-order valence-corrected chi connectivity index (χ2v) is 6.75. The van der Waals surface area contributed by atoms with Gasteiger partial charge in [0.15, 0.2) is 0 Å². The molecule has 0 radical (unpaired) electrons. The largest absolute Gasteiger partial charge is 0.370 e. The van der Waals surface area contributed by atoms with Crippen LogP contribution in [0.3, 0.4) is 0 Å². The summed E-state index contributed by atoms with van der Waals surface area (Å²) >= 11 is 0. The molecular weight excluding hydrogens is 339 g/mol. The zero-order valence-corrected chi connectivity index (χ0v) is 14.9. The van der Waals surface area contributed by atoms with E-state index < -0.39 is 11.9 Å². The lowest BCUT2D eigenvalue weighted by Gasteiger charge is -2.38. The van der Waals surface area contributed by atoms with Crippen LogP contribution >= 0.6 is 0 Å². The van der Waals surface area contributed by atoms with Gasteiger partial charge in [-0.3, -0.25) is 14.5 Å². The number of amides is 2. The van der Waals surface area contributed by atoms with Crippen LogP contribution in [0.5, 0.6) is 0 Å². The molecule has 0 bridgehead atoms. The van der Waals surface area contributed by atoms with Gasteiger partial charge in [0.05, 0.1) is 12.3 Å². The Bertz CT molecular complexity index is 680. The number of anilines is 2. The van der Waals surface area contributed by atoms with Crippen LogP contribution in [0.25, 0.3) is 0 Å². The zero-order valence-electron chi connectivity index (χ0n) is 14.9. The van der Waals surface area contributed by atoms with Crippen molar-refractivity contribution in [2.75, 3.05) is 43.6 Å². The quantitative estimate of drug-likeness (QED) is 0.784. The number of halogens is 1. The number of nitrogens with one attached hydrogen (secondary N) is 1. The summed E-state index contributed by atoms with van der Waals surface area (Å²) in [5.74, 6) is -1.12. The van der Waals surface area contributed by atoms with Crippen LogP contribution in [0.1, 0.15) is 19.3 Å². The van der Waals surface area contributed by atoms with E-state index in [4.69, 9.17) is 10.5 Å². The molecule has 2 aliphatic rings. The Hall–Kier alpha value is -2.03. The van der Waals surface area contributed by atoms with Crippen molar-refractivity contribution in [1.82, 2.24) is 4.90 Å². The Kier molecular flexibility index (Phi) is 5.85. The molecule has 0 unspecified atom stereocenters. The molecule has 1 aromatic carbocycles. The molecule has 3 N–H and O–H groups in total. The number of ether oxygens (including phenoxy) is 1. The van der Waals surface area contributed by atoms with Crippen molar-refractivity contribution >= 4 is 23.2 Å². The molecule has 1 aliphatic carbocycles. The summed E-state index contributed by atoms with van der Waals surface area (Å²) in [6.07, 6.45) is 3.26. The second-order valence-electron chi connectivity index (χ2n) is 6.75. The third kappa shape index (κ3) is 3.87. The van der Waals surface area contributed by atoms with Crippen LogP contribution in [-0.4, -0.2) is 62.1 Å². The molecule has 3 rings (SSSR count). The summed E-state index contributed by atoms with van der Waals surface area (Å²) in [6, 6.07) is 4.21. The van der Waals surface area contributed by atoms with Crippen LogP contribution in [0.15, 0.2) is 18.2 Å². The molecule has 142 valence electrons. The lowest BCUT2D eigenvalue weighted by Crippen LogP contribution is -2.52. The van der Waals surface area contributed by atoms with E-state index in [0.717, 1.165) is 19.3 Å². The van der Waals surface area contributed by atoms with E-state index in [1.165, 1.54) is 17.0 Å². The molecule has 0 spiro atoms. The number of likely N-dealkylation sites (N-methyl/N-ethyl adjacent to an activating group) is 1. The average Bonchev–Trinajstić information content (AvgIpc) is 2.56. The molecule has 1 saturated heterocycles. The summed E-state index contributed by atoms with van der Waals surface area (Å²) < 4.78 is 19.5. The van der Waals surface area contributed by atoms with Gasteiger partial charge in [-0.2, -0.15) is 0 Å². The van der Waals surface area contributed by atoms with E-state index in [1.807, 2.05) is 11.9 Å². The predicted molar refractivity (Wildman–Crippen MR) is 96.4 cm³/mol. The highest BCUT2D eigenvalue weighted by molar-refractivity contribution is 5.97. The lowest BCUT2D eigenvalue weighted by molar-refractivity contribution is -0.125. The van der Waals surface area contributed by atoms with Crippen molar-refractivity contribution in [3.8, 4) is 0 Å². The number of nitrogens with zero attached hydrogens (tertiary/aromatic N) is 2. The second kappa shape index (κ2) is 8.11. The first-order chi connectivity index (χ1) is 12.5. The number of nitrogens with two attached hydrogens (primary N) is 1. The molecule has 1 aliphatic heterocycles. The Morgan fingerprint density at radius 1 is 1.50 bits per heavy atom. The van der Waals surface area contributed by atoms with Gasteiger partial charge in [-0.15, -0.1) is 0 Å². The van der Waals surface area contributed by atoms with Crippen molar-refractivity contribution in [3.63, 3.8) is 0 Å². The van der Waals surface area contributed by atoms with Gasteiger partial charge < -0.3 is 20.7 Å². The van der Waals surface area contributed by atoms with E-state index in [0.29, 0.717) is 24.9 Å². The Labute approximate surface area is 152 Å². The molecule has 2 amide bonds. The first-order valence-corrected chi connectivity index (χ1v) is 8.91. The monoisotopic (exact) mass is 364 g/mol. The van der Waals surface area contributed by atoms with Crippen LogP contribution in [0.4, 0.5) is 15.8 Å². The van der Waals surface area contributed by atoms with Gasteiger partial charge in [-0.05, 0) is 38.1 Å². The minimum atomic E-state index is -0.586. The molecule has 1 atom stereocenters. The number of hydrogen-bond acceptors (Lipinski definition) is 5. The van der Waals surface area contributed by atoms with Gasteiger partial charge in [0.25, 0.3) is 5.91 Å². The molecule has 1 aromatic rings. The highest BCUT2D eigenvalue weighted by Gasteiger charge is 2.31. The SMILES string of the molecule is CN(C1CCC1)[C@@H](CN)C(=O)Nc1ccc(N2CCOCC2=O)cc1F. The van der Waals surface area contributed by atoms with E-state index in [1.54, 1.807) is 6.07 Å². The molecule has 0 aromatic heterocycles. The normalized spacial score (nSPS) is 19.4. The van der Waals surface area contributed by atoms with Crippen molar-refractivity contribution in [2.24, 2.45) is 5.73 Å². The van der Waals surface area contributed by atoms with Crippen molar-refractivity contribution < 1.29 is 18.7 Å². The number of hydrogen-bond donors (Lipinski definition) is 2. The topological polar surface area (TPSA) is 87.9 Å². The fraction of sp³-hybridized carbons (Fsp3) is 0.556. The highest BCUT2D eigenvalue weighted by atomic mass is 19.1. The third-order valence-corrected chi connectivity index (χ3v) is 5.18. The lowest BCUT2D eigenvalue weighted by atomic mass is 9.90. The molecular formula is C18H25FN4O3. The number of morpholine rings is 1. The maximum atomic E-state index is 14.5. The minimum absolute atomic E-state index is 0.00815. The average molecular weight is 364 g/mol. The number of carbonyl (C=O) groups is 2. The zero-order chi connectivity index (χ0) is 18.7. The molecule has 26 heavy (non-hydrogen) atoms. The van der Waals surface area contributed by atoms with Crippen molar-refractivity contribution in [3.05, 3.63) is 24.0 Å². The minimum Gasteiger partial charge on any atom is -0.370 e. The van der Waals surface area contributed by atoms with Crippen LogP contribution < -0.4 is 16.0 Å². The van der Waals surface area contributed by atoms with Crippen molar-refractivity contribution in [1.29, 1.82) is 0 Å². The van der Waals surface area contributed by atoms with E-state index >= 15 is 0 Å². The van der Waals surface area contributed by atoms with E-state index in [-0.39, 0.29) is 30.7 Å². The molecule has 7 nitrogen and oxygen atoms in total. The fourth-order valence-corrected chi connectivity index (χ4v) is 3.29. The number of rotatable bonds is 6.